The molecule has 0 unspecified atom stereocenters. The van der Waals surface area contributed by atoms with Crippen LogP contribution >= 0.6 is 0 Å². The zero-order valence-electron chi connectivity index (χ0n) is 11.8. The normalized spacial score (nSPS) is 11.4. The molecule has 0 saturated carbocycles. The molecule has 0 aliphatic heterocycles. The monoisotopic (exact) mass is 284 g/mol. The first kappa shape index (κ1) is 15.0. The van der Waals surface area contributed by atoms with Crippen molar-refractivity contribution in [3.63, 3.8) is 0 Å². The third-order valence-electron chi connectivity index (χ3n) is 3.29. The van der Waals surface area contributed by atoms with E-state index in [-0.39, 0.29) is 5.82 Å². The third-order valence-corrected chi connectivity index (χ3v) is 3.29. The predicted molar refractivity (Wildman–Crippen MR) is 81.5 cm³/mol. The quantitative estimate of drug-likeness (QED) is 0.823. The van der Waals surface area contributed by atoms with E-state index < -0.39 is 5.97 Å². The number of carboxylic acids is 1. The molecule has 0 heterocycles. The van der Waals surface area contributed by atoms with Gasteiger partial charge >= 0.3 is 5.97 Å². The SMILES string of the molecule is C/C(=C\C(=O)O)CCc1cccc(-c2ccccc2F)c1. The number of halogens is 1. The molecule has 21 heavy (non-hydrogen) atoms. The molecule has 0 aliphatic rings. The van der Waals surface area contributed by atoms with Crippen LogP contribution in [0, 0.1) is 5.82 Å². The number of carbonyl (C=O) groups is 1. The van der Waals surface area contributed by atoms with Gasteiger partial charge in [-0.3, -0.25) is 0 Å². The highest BCUT2D eigenvalue weighted by molar-refractivity contribution is 5.80. The summed E-state index contributed by atoms with van der Waals surface area (Å²) < 4.78 is 13.8. The van der Waals surface area contributed by atoms with Gasteiger partial charge in [0.15, 0.2) is 0 Å². The summed E-state index contributed by atoms with van der Waals surface area (Å²) in [5.74, 6) is -1.16. The Balaban J connectivity index is 2.15. The van der Waals surface area contributed by atoms with E-state index in [1.54, 1.807) is 19.1 Å². The van der Waals surface area contributed by atoms with Crippen molar-refractivity contribution in [1.29, 1.82) is 0 Å². The van der Waals surface area contributed by atoms with E-state index in [9.17, 15) is 9.18 Å². The predicted octanol–water partition coefficient (Wildman–Crippen LogP) is 4.46. The van der Waals surface area contributed by atoms with E-state index in [0.29, 0.717) is 12.0 Å². The Morgan fingerprint density at radius 2 is 1.95 bits per heavy atom. The molecule has 1 N–H and O–H groups in total. The van der Waals surface area contributed by atoms with Crippen LogP contribution < -0.4 is 0 Å². The van der Waals surface area contributed by atoms with Crippen molar-refractivity contribution >= 4 is 5.97 Å². The number of hydrogen-bond donors (Lipinski definition) is 1. The Morgan fingerprint density at radius 3 is 2.67 bits per heavy atom. The fourth-order valence-electron chi connectivity index (χ4n) is 2.21. The van der Waals surface area contributed by atoms with Crippen molar-refractivity contribution < 1.29 is 14.3 Å². The minimum Gasteiger partial charge on any atom is -0.478 e. The summed E-state index contributed by atoms with van der Waals surface area (Å²) in [6.45, 7) is 1.80. The summed E-state index contributed by atoms with van der Waals surface area (Å²) in [4.78, 5) is 10.6. The van der Waals surface area contributed by atoms with Gasteiger partial charge in [0, 0.05) is 11.6 Å². The first-order valence-corrected chi connectivity index (χ1v) is 6.80. The minimum atomic E-state index is -0.924. The van der Waals surface area contributed by atoms with E-state index in [0.717, 1.165) is 23.1 Å². The van der Waals surface area contributed by atoms with Gasteiger partial charge in [0.25, 0.3) is 0 Å². The van der Waals surface area contributed by atoms with Gasteiger partial charge in [-0.1, -0.05) is 48.0 Å². The standard InChI is InChI=1S/C18H17FO2/c1-13(11-18(20)21)9-10-14-5-4-6-15(12-14)16-7-2-3-8-17(16)19/h2-8,11-12H,9-10H2,1H3,(H,20,21)/b13-11+. The fourth-order valence-corrected chi connectivity index (χ4v) is 2.21. The van der Waals surface area contributed by atoms with E-state index >= 15 is 0 Å². The van der Waals surface area contributed by atoms with Gasteiger partial charge in [0.1, 0.15) is 5.82 Å². The second kappa shape index (κ2) is 6.84. The molecule has 108 valence electrons. The van der Waals surface area contributed by atoms with Crippen LogP contribution in [-0.4, -0.2) is 11.1 Å². The topological polar surface area (TPSA) is 37.3 Å². The van der Waals surface area contributed by atoms with Crippen LogP contribution in [0.4, 0.5) is 4.39 Å². The summed E-state index contributed by atoms with van der Waals surface area (Å²) in [5, 5.41) is 8.69. The van der Waals surface area contributed by atoms with Gasteiger partial charge in [0.05, 0.1) is 0 Å². The summed E-state index contributed by atoms with van der Waals surface area (Å²) in [5.41, 5.74) is 3.30. The average molecular weight is 284 g/mol. The number of allylic oxidation sites excluding steroid dienone is 1. The summed E-state index contributed by atoms with van der Waals surface area (Å²) >= 11 is 0. The molecule has 3 heteroatoms. The van der Waals surface area contributed by atoms with Crippen LogP contribution in [0.2, 0.25) is 0 Å². The lowest BCUT2D eigenvalue weighted by molar-refractivity contribution is -0.131. The van der Waals surface area contributed by atoms with Crippen molar-refractivity contribution in [3.8, 4) is 11.1 Å². The van der Waals surface area contributed by atoms with Crippen LogP contribution in [0.1, 0.15) is 18.9 Å². The van der Waals surface area contributed by atoms with E-state index in [1.165, 1.54) is 12.1 Å². The summed E-state index contributed by atoms with van der Waals surface area (Å²) in [6, 6.07) is 14.4. The number of carboxylic acid groups (broad SMARTS) is 1. The van der Waals surface area contributed by atoms with Gasteiger partial charge in [0.2, 0.25) is 0 Å². The highest BCUT2D eigenvalue weighted by atomic mass is 19.1. The first-order chi connectivity index (χ1) is 10.1. The molecule has 0 radical (unpaired) electrons. The number of hydrogen-bond acceptors (Lipinski definition) is 1. The molecule has 0 saturated heterocycles. The lowest BCUT2D eigenvalue weighted by atomic mass is 9.99. The largest absolute Gasteiger partial charge is 0.478 e. The molecule has 0 aliphatic carbocycles. The average Bonchev–Trinajstić information content (AvgIpc) is 2.45. The van der Waals surface area contributed by atoms with Crippen LogP contribution in [0.25, 0.3) is 11.1 Å². The zero-order chi connectivity index (χ0) is 15.2. The van der Waals surface area contributed by atoms with Crippen LogP contribution in [-0.2, 0) is 11.2 Å². The lowest BCUT2D eigenvalue weighted by Crippen LogP contribution is -1.93. The van der Waals surface area contributed by atoms with Crippen LogP contribution in [0.5, 0.6) is 0 Å². The van der Waals surface area contributed by atoms with Crippen molar-refractivity contribution in [1.82, 2.24) is 0 Å². The molecule has 0 bridgehead atoms. The summed E-state index contributed by atoms with van der Waals surface area (Å²) in [6.07, 6.45) is 2.63. The maximum absolute atomic E-state index is 13.8. The minimum absolute atomic E-state index is 0.239. The second-order valence-corrected chi connectivity index (χ2v) is 5.01. The van der Waals surface area contributed by atoms with Crippen molar-refractivity contribution in [2.75, 3.05) is 0 Å². The van der Waals surface area contributed by atoms with Gasteiger partial charge in [-0.2, -0.15) is 0 Å². The number of benzene rings is 2. The first-order valence-electron chi connectivity index (χ1n) is 6.80. The molecular weight excluding hydrogens is 267 g/mol. The molecule has 0 amide bonds. The number of aryl methyl sites for hydroxylation is 1. The van der Waals surface area contributed by atoms with Crippen molar-refractivity contribution in [2.24, 2.45) is 0 Å². The maximum Gasteiger partial charge on any atom is 0.328 e. The molecule has 0 spiro atoms. The lowest BCUT2D eigenvalue weighted by Gasteiger charge is -2.07. The molecule has 2 aromatic rings. The fraction of sp³-hybridized carbons (Fsp3) is 0.167. The molecule has 2 rings (SSSR count). The third kappa shape index (κ3) is 4.28. The van der Waals surface area contributed by atoms with E-state index in [2.05, 4.69) is 0 Å². The van der Waals surface area contributed by atoms with E-state index in [1.807, 2.05) is 30.3 Å². The molecule has 0 atom stereocenters. The molecular formula is C18H17FO2. The van der Waals surface area contributed by atoms with E-state index in [4.69, 9.17) is 5.11 Å². The molecule has 2 aromatic carbocycles. The highest BCUT2D eigenvalue weighted by Gasteiger charge is 2.05. The Hall–Kier alpha value is -2.42. The molecule has 2 nitrogen and oxygen atoms in total. The molecule has 0 fully saturated rings. The van der Waals surface area contributed by atoms with Crippen molar-refractivity contribution in [2.45, 2.75) is 19.8 Å². The Labute approximate surface area is 123 Å². The van der Waals surface area contributed by atoms with Gasteiger partial charge in [-0.15, -0.1) is 0 Å². The zero-order valence-corrected chi connectivity index (χ0v) is 11.8. The Bertz CT molecular complexity index is 674. The number of rotatable bonds is 5. The Kier molecular flexibility index (Phi) is 4.88. The van der Waals surface area contributed by atoms with Crippen LogP contribution in [0.3, 0.4) is 0 Å². The second-order valence-electron chi connectivity index (χ2n) is 5.01. The summed E-state index contributed by atoms with van der Waals surface area (Å²) in [7, 11) is 0. The van der Waals surface area contributed by atoms with Crippen LogP contribution in [0.15, 0.2) is 60.2 Å². The van der Waals surface area contributed by atoms with Gasteiger partial charge in [-0.05, 0) is 37.0 Å². The smallest absolute Gasteiger partial charge is 0.328 e. The van der Waals surface area contributed by atoms with Gasteiger partial charge < -0.3 is 5.11 Å². The maximum atomic E-state index is 13.8. The van der Waals surface area contributed by atoms with Crippen molar-refractivity contribution in [3.05, 3.63) is 71.6 Å². The highest BCUT2D eigenvalue weighted by Crippen LogP contribution is 2.24. The Morgan fingerprint density at radius 1 is 1.19 bits per heavy atom. The number of aliphatic carboxylic acids is 1. The molecule has 0 aromatic heterocycles. The van der Waals surface area contributed by atoms with Gasteiger partial charge in [-0.25, -0.2) is 9.18 Å².